The summed E-state index contributed by atoms with van der Waals surface area (Å²) in [4.78, 5) is 28.5. The Labute approximate surface area is 196 Å². The number of hydrogen-bond donors (Lipinski definition) is 2. The summed E-state index contributed by atoms with van der Waals surface area (Å²) >= 11 is 1.37. The summed E-state index contributed by atoms with van der Waals surface area (Å²) in [6.07, 6.45) is 0. The largest absolute Gasteiger partial charge is 0.494 e. The van der Waals surface area contributed by atoms with Crippen molar-refractivity contribution in [3.05, 3.63) is 72.8 Å². The number of para-hydroxylation sites is 2. The van der Waals surface area contributed by atoms with Gasteiger partial charge in [-0.3, -0.25) is 14.2 Å². The van der Waals surface area contributed by atoms with Crippen LogP contribution in [0.25, 0.3) is 16.7 Å². The number of nitrogens with zero attached hydrogens (tertiary/aromatic N) is 2. The minimum Gasteiger partial charge on any atom is -0.494 e. The normalized spacial score (nSPS) is 10.7. The van der Waals surface area contributed by atoms with Crippen LogP contribution in [0.2, 0.25) is 0 Å². The molecule has 0 bridgehead atoms. The lowest BCUT2D eigenvalue weighted by Gasteiger charge is -2.11. The van der Waals surface area contributed by atoms with E-state index in [1.54, 1.807) is 24.3 Å². The van der Waals surface area contributed by atoms with E-state index in [9.17, 15) is 9.59 Å². The molecular weight excluding hydrogens is 436 g/mol. The minimum atomic E-state index is -0.141. The van der Waals surface area contributed by atoms with Crippen LogP contribution in [0.5, 0.6) is 5.75 Å². The van der Waals surface area contributed by atoms with Crippen molar-refractivity contribution >= 4 is 46.0 Å². The third-order valence-electron chi connectivity index (χ3n) is 4.76. The third-order valence-corrected chi connectivity index (χ3v) is 5.70. The Hall–Kier alpha value is -3.78. The fourth-order valence-electron chi connectivity index (χ4n) is 3.38. The van der Waals surface area contributed by atoms with Crippen LogP contribution < -0.4 is 15.4 Å². The summed E-state index contributed by atoms with van der Waals surface area (Å²) in [6, 6.07) is 22.7. The highest BCUT2D eigenvalue weighted by Crippen LogP contribution is 2.29. The number of carbonyl (C=O) groups is 2. The number of thioether (sulfide) groups is 1. The Morgan fingerprint density at radius 2 is 1.61 bits per heavy atom. The molecule has 0 radical (unpaired) electrons. The van der Waals surface area contributed by atoms with Crippen LogP contribution in [-0.4, -0.2) is 33.7 Å². The number of amides is 2. The van der Waals surface area contributed by atoms with Gasteiger partial charge in [-0.2, -0.15) is 0 Å². The van der Waals surface area contributed by atoms with E-state index in [1.807, 2.05) is 60.0 Å². The van der Waals surface area contributed by atoms with Gasteiger partial charge in [-0.25, -0.2) is 4.98 Å². The molecule has 1 heterocycles. The molecule has 168 valence electrons. The molecule has 1 aromatic heterocycles. The Balaban J connectivity index is 1.49. The zero-order valence-corrected chi connectivity index (χ0v) is 19.2. The number of aromatic nitrogens is 2. The van der Waals surface area contributed by atoms with Crippen molar-refractivity contribution in [1.82, 2.24) is 9.55 Å². The van der Waals surface area contributed by atoms with Crippen LogP contribution in [-0.2, 0) is 9.59 Å². The van der Waals surface area contributed by atoms with Crippen LogP contribution in [0.1, 0.15) is 13.8 Å². The van der Waals surface area contributed by atoms with Crippen LogP contribution in [0.4, 0.5) is 11.4 Å². The van der Waals surface area contributed by atoms with E-state index in [-0.39, 0.29) is 17.6 Å². The number of fused-ring (bicyclic) bond motifs is 1. The molecule has 0 spiro atoms. The van der Waals surface area contributed by atoms with Gasteiger partial charge in [0.25, 0.3) is 0 Å². The Morgan fingerprint density at radius 3 is 2.27 bits per heavy atom. The molecule has 0 atom stereocenters. The van der Waals surface area contributed by atoms with Crippen LogP contribution >= 0.6 is 11.8 Å². The highest BCUT2D eigenvalue weighted by molar-refractivity contribution is 7.99. The SMILES string of the molecule is CCOc1ccc(-n2c(SCC(=O)Nc3ccc(NC(C)=O)cc3)nc3ccccc32)cc1. The molecule has 0 aliphatic carbocycles. The van der Waals surface area contributed by atoms with Crippen LogP contribution in [0.15, 0.2) is 78.0 Å². The van der Waals surface area contributed by atoms with Gasteiger partial charge in [0, 0.05) is 24.0 Å². The monoisotopic (exact) mass is 460 g/mol. The lowest BCUT2D eigenvalue weighted by molar-refractivity contribution is -0.114. The lowest BCUT2D eigenvalue weighted by Crippen LogP contribution is -2.14. The van der Waals surface area contributed by atoms with Crippen molar-refractivity contribution in [2.45, 2.75) is 19.0 Å². The van der Waals surface area contributed by atoms with Gasteiger partial charge in [-0.1, -0.05) is 23.9 Å². The summed E-state index contributed by atoms with van der Waals surface area (Å²) < 4.78 is 7.60. The zero-order valence-electron chi connectivity index (χ0n) is 18.4. The average molecular weight is 461 g/mol. The van der Waals surface area contributed by atoms with Crippen LogP contribution in [0, 0.1) is 0 Å². The maximum absolute atomic E-state index is 12.6. The molecule has 2 N–H and O–H groups in total. The molecule has 0 saturated carbocycles. The number of rotatable bonds is 8. The highest BCUT2D eigenvalue weighted by atomic mass is 32.2. The van der Waals surface area contributed by atoms with Gasteiger partial charge in [-0.15, -0.1) is 0 Å². The molecule has 0 fully saturated rings. The second kappa shape index (κ2) is 10.2. The van der Waals surface area contributed by atoms with Crippen molar-refractivity contribution < 1.29 is 14.3 Å². The smallest absolute Gasteiger partial charge is 0.234 e. The van der Waals surface area contributed by atoms with E-state index in [1.165, 1.54) is 18.7 Å². The zero-order chi connectivity index (χ0) is 23.2. The van der Waals surface area contributed by atoms with Gasteiger partial charge in [0.05, 0.1) is 23.4 Å². The summed E-state index contributed by atoms with van der Waals surface area (Å²) in [5.41, 5.74) is 4.12. The molecule has 2 amide bonds. The number of anilines is 2. The fourth-order valence-corrected chi connectivity index (χ4v) is 4.20. The minimum absolute atomic E-state index is 0.140. The molecule has 4 aromatic rings. The van der Waals surface area contributed by atoms with E-state index in [0.29, 0.717) is 18.0 Å². The second-order valence-corrected chi connectivity index (χ2v) is 8.18. The first-order valence-corrected chi connectivity index (χ1v) is 11.5. The Bertz CT molecular complexity index is 1270. The maximum Gasteiger partial charge on any atom is 0.234 e. The first kappa shape index (κ1) is 22.4. The van der Waals surface area contributed by atoms with Gasteiger partial charge in [0.2, 0.25) is 11.8 Å². The summed E-state index contributed by atoms with van der Waals surface area (Å²) in [5.74, 6) is 0.730. The predicted octanol–water partition coefficient (Wildman–Crippen LogP) is 5.11. The van der Waals surface area contributed by atoms with Crippen LogP contribution in [0.3, 0.4) is 0 Å². The van der Waals surface area contributed by atoms with E-state index < -0.39 is 0 Å². The molecule has 4 rings (SSSR count). The molecule has 7 nitrogen and oxygen atoms in total. The number of imidazole rings is 1. The number of ether oxygens (including phenoxy) is 1. The standard InChI is InChI=1S/C25H24N4O3S/c1-3-32-21-14-12-20(13-15-21)29-23-7-5-4-6-22(23)28-25(29)33-16-24(31)27-19-10-8-18(9-11-19)26-17(2)30/h4-15H,3,16H2,1-2H3,(H,26,30)(H,27,31). The molecule has 3 aromatic carbocycles. The first-order chi connectivity index (χ1) is 16.0. The number of carbonyl (C=O) groups excluding carboxylic acids is 2. The van der Waals surface area contributed by atoms with E-state index in [2.05, 4.69) is 10.6 Å². The average Bonchev–Trinajstić information content (AvgIpc) is 3.18. The predicted molar refractivity (Wildman–Crippen MR) is 132 cm³/mol. The molecular formula is C25H24N4O3S. The van der Waals surface area contributed by atoms with Crippen molar-refractivity contribution in [2.75, 3.05) is 23.0 Å². The van der Waals surface area contributed by atoms with Gasteiger partial charge >= 0.3 is 0 Å². The number of benzene rings is 3. The molecule has 0 saturated heterocycles. The van der Waals surface area contributed by atoms with Crippen molar-refractivity contribution in [3.63, 3.8) is 0 Å². The highest BCUT2D eigenvalue weighted by Gasteiger charge is 2.15. The van der Waals surface area contributed by atoms with E-state index >= 15 is 0 Å². The van der Waals surface area contributed by atoms with E-state index in [0.717, 1.165) is 27.6 Å². The number of hydrogen-bond acceptors (Lipinski definition) is 5. The number of nitrogens with one attached hydrogen (secondary N) is 2. The summed E-state index contributed by atoms with van der Waals surface area (Å²) in [6.45, 7) is 4.02. The third kappa shape index (κ3) is 5.53. The Kier molecular flexibility index (Phi) is 6.95. The quantitative estimate of drug-likeness (QED) is 0.357. The fraction of sp³-hybridized carbons (Fsp3) is 0.160. The molecule has 8 heteroatoms. The summed E-state index contributed by atoms with van der Waals surface area (Å²) in [5, 5.41) is 6.32. The second-order valence-electron chi connectivity index (χ2n) is 7.24. The van der Waals surface area contributed by atoms with Gasteiger partial charge < -0.3 is 15.4 Å². The van der Waals surface area contributed by atoms with Crippen molar-refractivity contribution in [2.24, 2.45) is 0 Å². The van der Waals surface area contributed by atoms with Gasteiger partial charge in [0.15, 0.2) is 5.16 Å². The van der Waals surface area contributed by atoms with Gasteiger partial charge in [0.1, 0.15) is 5.75 Å². The molecule has 0 aliphatic rings. The van der Waals surface area contributed by atoms with Crippen molar-refractivity contribution in [3.8, 4) is 11.4 Å². The Morgan fingerprint density at radius 1 is 0.939 bits per heavy atom. The first-order valence-electron chi connectivity index (χ1n) is 10.5. The van der Waals surface area contributed by atoms with Crippen molar-refractivity contribution in [1.29, 1.82) is 0 Å². The van der Waals surface area contributed by atoms with E-state index in [4.69, 9.17) is 9.72 Å². The maximum atomic E-state index is 12.6. The topological polar surface area (TPSA) is 85.2 Å². The molecule has 33 heavy (non-hydrogen) atoms. The summed E-state index contributed by atoms with van der Waals surface area (Å²) in [7, 11) is 0. The lowest BCUT2D eigenvalue weighted by atomic mass is 10.2. The molecule has 0 aliphatic heterocycles. The van der Waals surface area contributed by atoms with Gasteiger partial charge in [-0.05, 0) is 67.6 Å². The molecule has 0 unspecified atom stereocenters.